The molecule has 20 heavy (non-hydrogen) atoms. The van der Waals surface area contributed by atoms with Crippen molar-refractivity contribution in [3.8, 4) is 0 Å². The molecule has 1 aromatic heterocycles. The number of nitrogens with zero attached hydrogens (tertiary/aromatic N) is 1. The van der Waals surface area contributed by atoms with E-state index in [-0.39, 0.29) is 10.9 Å². The number of sulfonamides is 1. The van der Waals surface area contributed by atoms with E-state index in [2.05, 4.69) is 16.7 Å². The third-order valence-corrected chi connectivity index (χ3v) is 5.00. The van der Waals surface area contributed by atoms with Crippen LogP contribution < -0.4 is 4.72 Å². The van der Waals surface area contributed by atoms with Crippen LogP contribution in [0.1, 0.15) is 29.8 Å². The Hall–Kier alpha value is -1.18. The molecule has 0 atom stereocenters. The minimum absolute atomic E-state index is 0.0145. The van der Waals surface area contributed by atoms with E-state index in [4.69, 9.17) is 4.42 Å². The lowest BCUT2D eigenvalue weighted by atomic mass is 9.94. The molecule has 1 N–H and O–H groups in total. The lowest BCUT2D eigenvalue weighted by Gasteiger charge is -2.28. The van der Waals surface area contributed by atoms with Gasteiger partial charge in [0.05, 0.1) is 0 Å². The van der Waals surface area contributed by atoms with Crippen molar-refractivity contribution in [3.05, 3.63) is 17.9 Å². The molecule has 1 aliphatic heterocycles. The lowest BCUT2D eigenvalue weighted by Crippen LogP contribution is -2.32. The van der Waals surface area contributed by atoms with Gasteiger partial charge in [-0.3, -0.25) is 4.79 Å². The number of carbonyl (C=O) groups is 1. The second kappa shape index (κ2) is 6.51. The fourth-order valence-corrected chi connectivity index (χ4v) is 3.34. The number of carbonyl (C=O) groups excluding carboxylic acids is 1. The molecule has 0 bridgehead atoms. The summed E-state index contributed by atoms with van der Waals surface area (Å²) in [7, 11) is -1.55. The molecule has 0 aromatic carbocycles. The third-order valence-electron chi connectivity index (χ3n) is 3.67. The maximum absolute atomic E-state index is 11.9. The molecule has 2 heterocycles. The first-order valence-corrected chi connectivity index (χ1v) is 8.23. The van der Waals surface area contributed by atoms with E-state index in [1.54, 1.807) is 0 Å². The summed E-state index contributed by atoms with van der Waals surface area (Å²) in [6, 6.07) is 2.64. The predicted molar refractivity (Wildman–Crippen MR) is 74.1 cm³/mol. The van der Waals surface area contributed by atoms with Crippen LogP contribution in [0.3, 0.4) is 0 Å². The second-order valence-corrected chi connectivity index (χ2v) is 6.91. The van der Waals surface area contributed by atoms with Crippen LogP contribution in [0, 0.1) is 5.92 Å². The second-order valence-electron chi connectivity index (χ2n) is 5.21. The summed E-state index contributed by atoms with van der Waals surface area (Å²) >= 11 is 0. The number of nitrogens with one attached hydrogen (secondary N) is 1. The number of aldehydes is 1. The molecule has 0 unspecified atom stereocenters. The molecule has 1 aromatic rings. The van der Waals surface area contributed by atoms with Crippen molar-refractivity contribution in [3.63, 3.8) is 0 Å². The maximum Gasteiger partial charge on any atom is 0.273 e. The highest BCUT2D eigenvalue weighted by molar-refractivity contribution is 7.89. The number of hydrogen-bond donors (Lipinski definition) is 1. The number of hydrogen-bond acceptors (Lipinski definition) is 5. The van der Waals surface area contributed by atoms with Gasteiger partial charge in [0.2, 0.25) is 5.09 Å². The zero-order valence-corrected chi connectivity index (χ0v) is 12.4. The van der Waals surface area contributed by atoms with Gasteiger partial charge in [-0.1, -0.05) is 0 Å². The quantitative estimate of drug-likeness (QED) is 0.796. The molecule has 0 aliphatic carbocycles. The topological polar surface area (TPSA) is 79.6 Å². The van der Waals surface area contributed by atoms with Crippen molar-refractivity contribution < 1.29 is 17.6 Å². The Kier molecular flexibility index (Phi) is 4.95. The fourth-order valence-electron chi connectivity index (χ4n) is 2.36. The van der Waals surface area contributed by atoms with Crippen LogP contribution in [0.15, 0.2) is 21.6 Å². The van der Waals surface area contributed by atoms with Crippen LogP contribution in [0.25, 0.3) is 0 Å². The van der Waals surface area contributed by atoms with E-state index in [1.165, 1.54) is 12.1 Å². The van der Waals surface area contributed by atoms with Gasteiger partial charge in [0, 0.05) is 6.54 Å². The monoisotopic (exact) mass is 300 g/mol. The normalized spacial score (nSPS) is 18.2. The number of piperidine rings is 1. The van der Waals surface area contributed by atoms with Crippen LogP contribution in [0.5, 0.6) is 0 Å². The SMILES string of the molecule is CN1CCC(CCNS(=O)(=O)c2ccc(C=O)o2)CC1. The van der Waals surface area contributed by atoms with Crippen molar-refractivity contribution >= 4 is 16.3 Å². The standard InChI is InChI=1S/C13H20N2O4S/c1-15-8-5-11(6-9-15)4-7-14-20(17,18)13-3-2-12(10-16)19-13/h2-3,10-11,14H,4-9H2,1H3. The van der Waals surface area contributed by atoms with Gasteiger partial charge in [-0.25, -0.2) is 13.1 Å². The predicted octanol–water partition coefficient (Wildman–Crippen LogP) is 1.10. The molecule has 112 valence electrons. The summed E-state index contributed by atoms with van der Waals surface area (Å²) in [5.74, 6) is 0.580. The molecule has 0 spiro atoms. The van der Waals surface area contributed by atoms with Gasteiger partial charge in [-0.2, -0.15) is 0 Å². The maximum atomic E-state index is 11.9. The van der Waals surface area contributed by atoms with Crippen molar-refractivity contribution in [2.45, 2.75) is 24.4 Å². The van der Waals surface area contributed by atoms with Gasteiger partial charge in [0.1, 0.15) is 0 Å². The Bertz CT molecular complexity index is 544. The number of rotatable bonds is 6. The lowest BCUT2D eigenvalue weighted by molar-refractivity contribution is 0.109. The smallest absolute Gasteiger partial charge is 0.273 e. The summed E-state index contributed by atoms with van der Waals surface area (Å²) in [6.07, 6.45) is 3.52. The molecule has 0 radical (unpaired) electrons. The van der Waals surface area contributed by atoms with Crippen molar-refractivity contribution in [2.24, 2.45) is 5.92 Å². The Morgan fingerprint density at radius 1 is 1.40 bits per heavy atom. The minimum atomic E-state index is -3.65. The van der Waals surface area contributed by atoms with Crippen molar-refractivity contribution in [1.29, 1.82) is 0 Å². The zero-order valence-electron chi connectivity index (χ0n) is 11.5. The summed E-state index contributed by atoms with van der Waals surface area (Å²) < 4.78 is 31.3. The Morgan fingerprint density at radius 3 is 2.70 bits per heavy atom. The van der Waals surface area contributed by atoms with E-state index in [9.17, 15) is 13.2 Å². The Labute approximate surface area is 119 Å². The highest BCUT2D eigenvalue weighted by Crippen LogP contribution is 2.19. The van der Waals surface area contributed by atoms with E-state index >= 15 is 0 Å². The van der Waals surface area contributed by atoms with Crippen LogP contribution >= 0.6 is 0 Å². The molecular weight excluding hydrogens is 280 g/mol. The minimum Gasteiger partial charge on any atom is -0.440 e. The molecule has 7 heteroatoms. The van der Waals surface area contributed by atoms with Crippen molar-refractivity contribution in [2.75, 3.05) is 26.7 Å². The van der Waals surface area contributed by atoms with Crippen LogP contribution in [0.4, 0.5) is 0 Å². The van der Waals surface area contributed by atoms with E-state index in [0.29, 0.717) is 18.7 Å². The van der Waals surface area contributed by atoms with Crippen LogP contribution in [-0.2, 0) is 10.0 Å². The molecule has 1 aliphatic rings. The summed E-state index contributed by atoms with van der Waals surface area (Å²) in [5, 5.41) is -0.206. The van der Waals surface area contributed by atoms with Crippen molar-refractivity contribution in [1.82, 2.24) is 9.62 Å². The van der Waals surface area contributed by atoms with E-state index in [0.717, 1.165) is 32.4 Å². The third kappa shape index (κ3) is 3.91. The van der Waals surface area contributed by atoms with Crippen LogP contribution in [0.2, 0.25) is 0 Å². The Morgan fingerprint density at radius 2 is 2.10 bits per heavy atom. The highest BCUT2D eigenvalue weighted by Gasteiger charge is 2.20. The largest absolute Gasteiger partial charge is 0.440 e. The van der Waals surface area contributed by atoms with Gasteiger partial charge in [-0.05, 0) is 57.5 Å². The van der Waals surface area contributed by atoms with Gasteiger partial charge in [-0.15, -0.1) is 0 Å². The molecule has 1 fully saturated rings. The average Bonchev–Trinajstić information content (AvgIpc) is 2.90. The zero-order chi connectivity index (χ0) is 14.6. The van der Waals surface area contributed by atoms with Gasteiger partial charge < -0.3 is 9.32 Å². The molecule has 2 rings (SSSR count). The highest BCUT2D eigenvalue weighted by atomic mass is 32.2. The summed E-state index contributed by atoms with van der Waals surface area (Å²) in [6.45, 7) is 2.53. The number of furan rings is 1. The molecule has 1 saturated heterocycles. The first-order chi connectivity index (χ1) is 9.51. The molecular formula is C13H20N2O4S. The molecule has 0 amide bonds. The number of likely N-dealkylation sites (tertiary alicyclic amines) is 1. The van der Waals surface area contributed by atoms with Crippen LogP contribution in [-0.4, -0.2) is 46.3 Å². The summed E-state index contributed by atoms with van der Waals surface area (Å²) in [4.78, 5) is 12.8. The van der Waals surface area contributed by atoms with Gasteiger partial charge in [0.15, 0.2) is 12.0 Å². The molecule has 6 nitrogen and oxygen atoms in total. The Balaban J connectivity index is 1.82. The first-order valence-electron chi connectivity index (χ1n) is 6.74. The molecule has 0 saturated carbocycles. The van der Waals surface area contributed by atoms with E-state index in [1.807, 2.05) is 0 Å². The summed E-state index contributed by atoms with van der Waals surface area (Å²) in [5.41, 5.74) is 0. The van der Waals surface area contributed by atoms with E-state index < -0.39 is 10.0 Å². The van der Waals surface area contributed by atoms with Gasteiger partial charge in [0.25, 0.3) is 10.0 Å². The fraction of sp³-hybridized carbons (Fsp3) is 0.615. The average molecular weight is 300 g/mol. The first kappa shape index (κ1) is 15.2. The van der Waals surface area contributed by atoms with Gasteiger partial charge >= 0.3 is 0 Å².